The van der Waals surface area contributed by atoms with Crippen molar-refractivity contribution in [1.82, 2.24) is 9.55 Å². The molecular formula is C9H9N5O5. The number of aromatic amines is 1. The van der Waals surface area contributed by atoms with E-state index in [1.54, 1.807) is 0 Å². The number of aromatic nitrogens is 2. The van der Waals surface area contributed by atoms with Crippen molar-refractivity contribution >= 4 is 0 Å². The molecule has 0 spiro atoms. The molecule has 5 atom stereocenters. The fourth-order valence-electron chi connectivity index (χ4n) is 2.37. The van der Waals surface area contributed by atoms with E-state index in [1.165, 1.54) is 6.20 Å². The second-order valence-corrected chi connectivity index (χ2v) is 4.45. The van der Waals surface area contributed by atoms with E-state index >= 15 is 0 Å². The van der Waals surface area contributed by atoms with E-state index in [4.69, 9.17) is 10.3 Å². The number of azide groups is 1. The monoisotopic (exact) mass is 267 g/mol. The van der Waals surface area contributed by atoms with E-state index < -0.39 is 41.3 Å². The first-order valence-corrected chi connectivity index (χ1v) is 5.41. The number of nitrogens with one attached hydrogen (secondary N) is 1. The third-order valence-electron chi connectivity index (χ3n) is 3.44. The summed E-state index contributed by atoms with van der Waals surface area (Å²) in [6.07, 6.45) is -1.96. The molecule has 2 heterocycles. The fourth-order valence-corrected chi connectivity index (χ4v) is 2.37. The van der Waals surface area contributed by atoms with Gasteiger partial charge in [-0.1, -0.05) is 5.11 Å². The van der Waals surface area contributed by atoms with E-state index in [0.29, 0.717) is 0 Å². The largest absolute Gasteiger partial charge is 0.387 e. The van der Waals surface area contributed by atoms with Crippen LogP contribution in [0.3, 0.4) is 0 Å². The summed E-state index contributed by atoms with van der Waals surface area (Å²) < 4.78 is 6.30. The molecule has 1 aliphatic carbocycles. The van der Waals surface area contributed by atoms with Crippen LogP contribution < -0.4 is 11.2 Å². The predicted octanol–water partition coefficient (Wildman–Crippen LogP) is -1.78. The molecule has 0 bridgehead atoms. The Kier molecular flexibility index (Phi) is 2.31. The highest BCUT2D eigenvalue weighted by Crippen LogP contribution is 2.54. The molecule has 2 aliphatic rings. The maximum Gasteiger partial charge on any atom is 0.330 e. The molecule has 3 rings (SSSR count). The van der Waals surface area contributed by atoms with Gasteiger partial charge in [-0.05, 0) is 5.53 Å². The summed E-state index contributed by atoms with van der Waals surface area (Å²) in [5.41, 5.74) is 5.48. The number of hydrogen-bond acceptors (Lipinski definition) is 6. The average Bonchev–Trinajstić information content (AvgIpc) is 2.74. The number of aliphatic hydroxyl groups is 2. The molecule has 19 heavy (non-hydrogen) atoms. The van der Waals surface area contributed by atoms with Gasteiger partial charge < -0.3 is 14.9 Å². The summed E-state index contributed by atoms with van der Waals surface area (Å²) in [7, 11) is 0. The lowest BCUT2D eigenvalue weighted by atomic mass is 10.1. The lowest BCUT2D eigenvalue weighted by molar-refractivity contribution is -0.0278. The van der Waals surface area contributed by atoms with Crippen LogP contribution in [0.1, 0.15) is 6.23 Å². The maximum absolute atomic E-state index is 11.6. The Morgan fingerprint density at radius 3 is 2.95 bits per heavy atom. The number of rotatable bonds is 2. The number of ether oxygens (including phenoxy) is 1. The molecule has 100 valence electrons. The summed E-state index contributed by atoms with van der Waals surface area (Å²) in [4.78, 5) is 27.2. The predicted molar refractivity (Wildman–Crippen MR) is 59.1 cm³/mol. The highest BCUT2D eigenvalue weighted by atomic mass is 16.6. The number of aliphatic hydroxyl groups excluding tert-OH is 1. The molecule has 0 radical (unpaired) electrons. The highest BCUT2D eigenvalue weighted by Gasteiger charge is 2.76. The Hall–Kier alpha value is -2.13. The van der Waals surface area contributed by atoms with Crippen LogP contribution in [0.2, 0.25) is 0 Å². The second kappa shape index (κ2) is 3.68. The van der Waals surface area contributed by atoms with Crippen molar-refractivity contribution in [2.24, 2.45) is 5.11 Å². The van der Waals surface area contributed by atoms with Crippen LogP contribution in [0.4, 0.5) is 0 Å². The molecular weight excluding hydrogens is 258 g/mol. The van der Waals surface area contributed by atoms with Gasteiger partial charge in [-0.15, -0.1) is 0 Å². The Labute approximate surface area is 104 Å². The lowest BCUT2D eigenvalue weighted by Gasteiger charge is -2.22. The molecule has 3 N–H and O–H groups in total. The fraction of sp³-hybridized carbons (Fsp3) is 0.556. The highest BCUT2D eigenvalue weighted by molar-refractivity contribution is 5.26. The van der Waals surface area contributed by atoms with Gasteiger partial charge in [0, 0.05) is 17.2 Å². The van der Waals surface area contributed by atoms with Crippen molar-refractivity contribution in [2.45, 2.75) is 30.1 Å². The van der Waals surface area contributed by atoms with Crippen molar-refractivity contribution in [3.05, 3.63) is 43.5 Å². The van der Waals surface area contributed by atoms with Crippen LogP contribution in [0, 0.1) is 0 Å². The number of H-pyrrole nitrogens is 1. The van der Waals surface area contributed by atoms with Crippen LogP contribution in [-0.4, -0.2) is 43.6 Å². The quantitative estimate of drug-likeness (QED) is 0.328. The van der Waals surface area contributed by atoms with Gasteiger partial charge in [-0.25, -0.2) is 4.79 Å². The Balaban J connectivity index is 2.05. The molecule has 1 saturated carbocycles. The molecule has 1 aromatic rings. The van der Waals surface area contributed by atoms with E-state index in [1.807, 2.05) is 4.98 Å². The van der Waals surface area contributed by atoms with E-state index in [-0.39, 0.29) is 0 Å². The number of hydrogen-bond donors (Lipinski definition) is 3. The van der Waals surface area contributed by atoms with Gasteiger partial charge >= 0.3 is 5.69 Å². The zero-order chi connectivity index (χ0) is 13.8. The van der Waals surface area contributed by atoms with Gasteiger partial charge in [0.25, 0.3) is 5.56 Å². The minimum absolute atomic E-state index is 0.580. The summed E-state index contributed by atoms with van der Waals surface area (Å²) in [5, 5.41) is 22.9. The number of nitrogens with zero attached hydrogens (tertiary/aromatic N) is 4. The normalized spacial score (nSPS) is 39.5. The first-order valence-electron chi connectivity index (χ1n) is 5.41. The number of fused-ring (bicyclic) bond motifs is 1. The van der Waals surface area contributed by atoms with Crippen molar-refractivity contribution in [1.29, 1.82) is 0 Å². The Morgan fingerprint density at radius 2 is 2.32 bits per heavy atom. The molecule has 1 aromatic heterocycles. The minimum Gasteiger partial charge on any atom is -0.387 e. The van der Waals surface area contributed by atoms with Crippen molar-refractivity contribution < 1.29 is 14.9 Å². The van der Waals surface area contributed by atoms with Crippen molar-refractivity contribution in [2.75, 3.05) is 0 Å². The van der Waals surface area contributed by atoms with Gasteiger partial charge in [-0.2, -0.15) is 0 Å². The van der Waals surface area contributed by atoms with Gasteiger partial charge in [0.15, 0.2) is 0 Å². The average molecular weight is 267 g/mol. The second-order valence-electron chi connectivity index (χ2n) is 4.45. The van der Waals surface area contributed by atoms with Gasteiger partial charge in [0.05, 0.1) is 0 Å². The van der Waals surface area contributed by atoms with Gasteiger partial charge in [0.1, 0.15) is 30.1 Å². The SMILES string of the molecule is [N-]=[N+]=NC1[C@H](n2ccc(=O)[nH]c2=O)O[C@@H]2C(O)[C@]12O. The van der Waals surface area contributed by atoms with Crippen LogP contribution in [0.15, 0.2) is 27.0 Å². The smallest absolute Gasteiger partial charge is 0.330 e. The van der Waals surface area contributed by atoms with E-state index in [9.17, 15) is 19.8 Å². The lowest BCUT2D eigenvalue weighted by Crippen LogP contribution is -2.40. The topological polar surface area (TPSA) is 153 Å². The molecule has 2 unspecified atom stereocenters. The molecule has 10 heteroatoms. The molecule has 10 nitrogen and oxygen atoms in total. The first-order chi connectivity index (χ1) is 9.00. The van der Waals surface area contributed by atoms with Gasteiger partial charge in [-0.3, -0.25) is 14.3 Å². The minimum atomic E-state index is -1.69. The zero-order valence-corrected chi connectivity index (χ0v) is 9.37. The van der Waals surface area contributed by atoms with Crippen LogP contribution in [0.5, 0.6) is 0 Å². The first kappa shape index (κ1) is 11.9. The van der Waals surface area contributed by atoms with Crippen LogP contribution in [0.25, 0.3) is 10.4 Å². The van der Waals surface area contributed by atoms with Crippen molar-refractivity contribution in [3.63, 3.8) is 0 Å². The molecule has 1 saturated heterocycles. The summed E-state index contributed by atoms with van der Waals surface area (Å²) in [6, 6.07) is -0.0522. The van der Waals surface area contributed by atoms with Crippen LogP contribution >= 0.6 is 0 Å². The zero-order valence-electron chi connectivity index (χ0n) is 9.37. The molecule has 0 aromatic carbocycles. The molecule has 2 fully saturated rings. The van der Waals surface area contributed by atoms with Gasteiger partial charge in [0.2, 0.25) is 0 Å². The summed E-state index contributed by atoms with van der Waals surface area (Å²) >= 11 is 0. The Bertz CT molecular complexity index is 691. The summed E-state index contributed by atoms with van der Waals surface area (Å²) in [6.45, 7) is 0. The molecule has 1 aliphatic heterocycles. The molecule has 0 amide bonds. The Morgan fingerprint density at radius 1 is 1.58 bits per heavy atom. The van der Waals surface area contributed by atoms with Crippen molar-refractivity contribution in [3.8, 4) is 0 Å². The van der Waals surface area contributed by atoms with Crippen LogP contribution in [-0.2, 0) is 4.74 Å². The third kappa shape index (κ3) is 1.45. The van der Waals surface area contributed by atoms with E-state index in [2.05, 4.69) is 10.0 Å². The maximum atomic E-state index is 11.6. The summed E-state index contributed by atoms with van der Waals surface area (Å²) in [5.74, 6) is 0. The standard InChI is InChI=1S/C9H9N5O5/c10-13-12-4-7(19-6-5(16)9(4,6)18)14-2-1-3(15)11-8(14)17/h1-2,4-7,16,18H,(H,11,15,17)/t4?,5?,6-,7-,9-/m1/s1. The van der Waals surface area contributed by atoms with E-state index in [0.717, 1.165) is 10.6 Å². The third-order valence-corrected chi connectivity index (χ3v) is 3.44.